The van der Waals surface area contributed by atoms with Crippen molar-refractivity contribution in [3.05, 3.63) is 0 Å². The Morgan fingerprint density at radius 2 is 1.58 bits per heavy atom. The van der Waals surface area contributed by atoms with Crippen LogP contribution in [-0.2, 0) is 18.7 Å². The Balaban J connectivity index is 1.45. The van der Waals surface area contributed by atoms with Crippen LogP contribution in [0.15, 0.2) is 0 Å². The highest BCUT2D eigenvalue weighted by Crippen LogP contribution is 2.64. The molecule has 3 saturated carbocycles. The Morgan fingerprint density at radius 1 is 0.935 bits per heavy atom. The van der Waals surface area contributed by atoms with E-state index in [0.717, 1.165) is 45.3 Å². The zero-order valence-corrected chi connectivity index (χ0v) is 22.1. The van der Waals surface area contributed by atoms with Crippen molar-refractivity contribution in [3.63, 3.8) is 0 Å². The fraction of sp³-hybridized carbons (Fsp3) is 0.962. The highest BCUT2D eigenvalue weighted by molar-refractivity contribution is 6.74. The number of hydrogen-bond acceptors (Lipinski definition) is 4. The number of carbonyl (C=O) groups is 1. The standard InChI is InChI=1S/C26H46O4Si/c1-23(2,3)31(6,7)30-22-10-11-24(4,21(17-22)18-27)19-8-12-25(5)20(16-19)9-13-26(25)28-14-15-29-26/h18-22H,8-17H2,1-7H3/t19?,20?,21-,22?,24-,25+/m1/s1. The van der Waals surface area contributed by atoms with Crippen LogP contribution in [0.2, 0.25) is 18.1 Å². The molecule has 4 fully saturated rings. The lowest BCUT2D eigenvalue weighted by molar-refractivity contribution is -0.236. The number of hydrogen-bond donors (Lipinski definition) is 0. The highest BCUT2D eigenvalue weighted by atomic mass is 28.4. The average Bonchev–Trinajstić information content (AvgIpc) is 3.28. The summed E-state index contributed by atoms with van der Waals surface area (Å²) in [4.78, 5) is 12.3. The van der Waals surface area contributed by atoms with Crippen LogP contribution in [0.25, 0.3) is 0 Å². The first-order chi connectivity index (χ1) is 14.4. The molecule has 0 amide bonds. The van der Waals surface area contributed by atoms with Crippen molar-refractivity contribution < 1.29 is 18.7 Å². The summed E-state index contributed by atoms with van der Waals surface area (Å²) in [7, 11) is -1.81. The van der Waals surface area contributed by atoms with Gasteiger partial charge in [0.05, 0.1) is 13.2 Å². The van der Waals surface area contributed by atoms with Gasteiger partial charge in [0, 0.05) is 23.9 Å². The summed E-state index contributed by atoms with van der Waals surface area (Å²) < 4.78 is 19.2. The van der Waals surface area contributed by atoms with Crippen molar-refractivity contribution >= 4 is 14.6 Å². The van der Waals surface area contributed by atoms with E-state index in [-0.39, 0.29) is 33.7 Å². The molecule has 4 aliphatic rings. The highest BCUT2D eigenvalue weighted by Gasteiger charge is 2.63. The van der Waals surface area contributed by atoms with Crippen LogP contribution < -0.4 is 0 Å². The van der Waals surface area contributed by atoms with Crippen molar-refractivity contribution in [2.24, 2.45) is 28.6 Å². The van der Waals surface area contributed by atoms with Gasteiger partial charge in [0.2, 0.25) is 0 Å². The van der Waals surface area contributed by atoms with Crippen LogP contribution in [0, 0.1) is 28.6 Å². The summed E-state index contributed by atoms with van der Waals surface area (Å²) in [5, 5.41) is 0.209. The van der Waals surface area contributed by atoms with Gasteiger partial charge in [-0.15, -0.1) is 0 Å². The predicted molar refractivity (Wildman–Crippen MR) is 126 cm³/mol. The van der Waals surface area contributed by atoms with E-state index in [2.05, 4.69) is 47.7 Å². The van der Waals surface area contributed by atoms with Gasteiger partial charge in [-0.3, -0.25) is 0 Å². The second-order valence-corrected chi connectivity index (χ2v) is 17.9. The van der Waals surface area contributed by atoms with Gasteiger partial charge in [-0.05, 0) is 80.3 Å². The molecule has 1 spiro atoms. The fourth-order valence-electron chi connectivity index (χ4n) is 7.26. The largest absolute Gasteiger partial charge is 0.414 e. The van der Waals surface area contributed by atoms with Gasteiger partial charge in [-0.25, -0.2) is 0 Å². The number of aldehydes is 1. The minimum absolute atomic E-state index is 0.101. The molecule has 3 unspecified atom stereocenters. The molecule has 1 heterocycles. The first-order valence-electron chi connectivity index (χ1n) is 12.8. The summed E-state index contributed by atoms with van der Waals surface area (Å²) >= 11 is 0. The summed E-state index contributed by atoms with van der Waals surface area (Å²) in [6.45, 7) is 17.9. The molecule has 0 aromatic rings. The molecule has 0 bridgehead atoms. The van der Waals surface area contributed by atoms with Gasteiger partial charge in [0.25, 0.3) is 0 Å². The Bertz CT molecular complexity index is 679. The molecule has 5 heteroatoms. The third-order valence-electron chi connectivity index (χ3n) is 10.7. The second kappa shape index (κ2) is 7.92. The summed E-state index contributed by atoms with van der Waals surface area (Å²) in [5.41, 5.74) is 0.235. The Kier molecular flexibility index (Phi) is 6.11. The quantitative estimate of drug-likeness (QED) is 0.370. The van der Waals surface area contributed by atoms with E-state index >= 15 is 0 Å². The molecular weight excluding hydrogens is 404 g/mol. The van der Waals surface area contributed by atoms with E-state index in [1.54, 1.807) is 0 Å². The van der Waals surface area contributed by atoms with Crippen LogP contribution in [0.4, 0.5) is 0 Å². The maximum absolute atomic E-state index is 12.3. The molecule has 0 radical (unpaired) electrons. The van der Waals surface area contributed by atoms with Crippen LogP contribution in [0.5, 0.6) is 0 Å². The van der Waals surface area contributed by atoms with Gasteiger partial charge < -0.3 is 18.7 Å². The fourth-order valence-corrected chi connectivity index (χ4v) is 8.66. The van der Waals surface area contributed by atoms with Crippen LogP contribution in [0.3, 0.4) is 0 Å². The summed E-state index contributed by atoms with van der Waals surface area (Å²) in [5.74, 6) is 1.04. The second-order valence-electron chi connectivity index (χ2n) is 13.1. The molecule has 3 aliphatic carbocycles. The van der Waals surface area contributed by atoms with E-state index < -0.39 is 8.32 Å². The van der Waals surface area contributed by atoms with Crippen molar-refractivity contribution in [1.82, 2.24) is 0 Å². The van der Waals surface area contributed by atoms with Crippen molar-refractivity contribution in [2.75, 3.05) is 13.2 Å². The number of carbonyl (C=O) groups excluding carboxylic acids is 1. The Labute approximate surface area is 191 Å². The van der Waals surface area contributed by atoms with E-state index in [9.17, 15) is 4.79 Å². The molecule has 4 nitrogen and oxygen atoms in total. The third kappa shape index (κ3) is 3.79. The topological polar surface area (TPSA) is 44.8 Å². The maximum atomic E-state index is 12.3. The van der Waals surface area contributed by atoms with Gasteiger partial charge >= 0.3 is 0 Å². The average molecular weight is 451 g/mol. The molecule has 0 aromatic heterocycles. The number of rotatable bonds is 4. The molecule has 31 heavy (non-hydrogen) atoms. The van der Waals surface area contributed by atoms with Gasteiger partial charge in [-0.2, -0.15) is 0 Å². The van der Waals surface area contributed by atoms with Gasteiger partial charge in [-0.1, -0.05) is 34.6 Å². The normalized spacial score (nSPS) is 43.2. The SMILES string of the molecule is CC(C)(C)[Si](C)(C)OC1CC[C@](C)(C2CC[C@@]3(C)C(CCC34OCCO4)C2)[C@@H](C=O)C1. The Morgan fingerprint density at radius 3 is 2.19 bits per heavy atom. The molecule has 0 aromatic carbocycles. The molecule has 6 atom stereocenters. The van der Waals surface area contributed by atoms with Crippen LogP contribution in [0.1, 0.15) is 86.0 Å². The molecule has 1 saturated heterocycles. The van der Waals surface area contributed by atoms with Crippen LogP contribution >= 0.6 is 0 Å². The Hall–Kier alpha value is -0.233. The minimum Gasteiger partial charge on any atom is -0.414 e. The van der Waals surface area contributed by atoms with E-state index in [1.807, 2.05) is 0 Å². The van der Waals surface area contributed by atoms with Gasteiger partial charge in [0.1, 0.15) is 6.29 Å². The zero-order valence-electron chi connectivity index (χ0n) is 21.1. The predicted octanol–water partition coefficient (Wildman–Crippen LogP) is 6.34. The van der Waals surface area contributed by atoms with E-state index in [1.165, 1.54) is 25.5 Å². The lowest BCUT2D eigenvalue weighted by Gasteiger charge is -2.54. The minimum atomic E-state index is -1.81. The molecule has 178 valence electrons. The monoisotopic (exact) mass is 450 g/mol. The molecule has 1 aliphatic heterocycles. The third-order valence-corrected chi connectivity index (χ3v) is 15.2. The smallest absolute Gasteiger partial charge is 0.192 e. The lowest BCUT2D eigenvalue weighted by Crippen LogP contribution is -2.52. The van der Waals surface area contributed by atoms with Crippen molar-refractivity contribution in [1.29, 1.82) is 0 Å². The maximum Gasteiger partial charge on any atom is 0.192 e. The zero-order chi connectivity index (χ0) is 22.7. The molecule has 4 rings (SSSR count). The number of ether oxygens (including phenoxy) is 2. The molecule has 0 N–H and O–H groups in total. The van der Waals surface area contributed by atoms with Crippen LogP contribution in [-0.4, -0.2) is 39.7 Å². The van der Waals surface area contributed by atoms with E-state index in [0.29, 0.717) is 11.8 Å². The van der Waals surface area contributed by atoms with E-state index in [4.69, 9.17) is 13.9 Å². The van der Waals surface area contributed by atoms with Crippen molar-refractivity contribution in [3.8, 4) is 0 Å². The summed E-state index contributed by atoms with van der Waals surface area (Å²) in [6.07, 6.45) is 10.4. The summed E-state index contributed by atoms with van der Waals surface area (Å²) in [6, 6.07) is 0. The van der Waals surface area contributed by atoms with Crippen molar-refractivity contribution in [2.45, 2.75) is 116 Å². The number of fused-ring (bicyclic) bond motifs is 2. The first kappa shape index (κ1) is 23.9. The lowest BCUT2D eigenvalue weighted by atomic mass is 9.53. The molecular formula is C26H46O4Si. The first-order valence-corrected chi connectivity index (χ1v) is 15.7. The van der Waals surface area contributed by atoms with Gasteiger partial charge in [0.15, 0.2) is 14.1 Å².